The number of halogens is 3. The fourth-order valence-electron chi connectivity index (χ4n) is 1.38. The van der Waals surface area contributed by atoms with Crippen molar-refractivity contribution in [2.45, 2.75) is 6.92 Å². The Morgan fingerprint density at radius 2 is 2.06 bits per heavy atom. The van der Waals surface area contributed by atoms with Crippen LogP contribution in [0, 0.1) is 12.7 Å². The van der Waals surface area contributed by atoms with Crippen LogP contribution in [0.5, 0.6) is 0 Å². The summed E-state index contributed by atoms with van der Waals surface area (Å²) < 4.78 is 14.2. The van der Waals surface area contributed by atoms with Gasteiger partial charge in [-0.25, -0.2) is 4.39 Å². The summed E-state index contributed by atoms with van der Waals surface area (Å²) in [5.41, 5.74) is 0.776. The normalized spacial score (nSPS) is 10.6. The molecular weight excluding hydrogens is 282 g/mol. The topological polar surface area (TPSA) is 17.1 Å². The lowest BCUT2D eigenvalue weighted by atomic mass is 10.1. The van der Waals surface area contributed by atoms with Gasteiger partial charge in [-0.15, -0.1) is 11.3 Å². The molecule has 0 saturated carbocycles. The molecule has 0 aliphatic carbocycles. The van der Waals surface area contributed by atoms with Crippen LogP contribution in [0.4, 0.5) is 4.39 Å². The quantitative estimate of drug-likeness (QED) is 0.730. The number of carbonyl (C=O) groups is 1. The minimum atomic E-state index is -0.693. The van der Waals surface area contributed by atoms with Gasteiger partial charge in [-0.05, 0) is 30.7 Å². The van der Waals surface area contributed by atoms with Crippen molar-refractivity contribution >= 4 is 40.3 Å². The van der Waals surface area contributed by atoms with Crippen molar-refractivity contribution in [3.05, 3.63) is 55.4 Å². The molecule has 0 radical (unpaired) electrons. The van der Waals surface area contributed by atoms with Gasteiger partial charge in [0.2, 0.25) is 5.78 Å². The van der Waals surface area contributed by atoms with Crippen molar-refractivity contribution in [1.82, 2.24) is 0 Å². The van der Waals surface area contributed by atoms with Gasteiger partial charge in [0.05, 0.1) is 19.8 Å². The van der Waals surface area contributed by atoms with E-state index in [0.29, 0.717) is 9.21 Å². The highest BCUT2D eigenvalue weighted by molar-refractivity contribution is 7.18. The van der Waals surface area contributed by atoms with Crippen molar-refractivity contribution in [2.75, 3.05) is 0 Å². The Hall–Kier alpha value is -0.900. The molecule has 0 unspecified atom stereocenters. The summed E-state index contributed by atoms with van der Waals surface area (Å²) in [6.07, 6.45) is 0. The number of benzene rings is 1. The van der Waals surface area contributed by atoms with Crippen LogP contribution in [-0.4, -0.2) is 5.78 Å². The molecule has 0 saturated heterocycles. The molecular formula is C12H7Cl2FOS. The molecule has 17 heavy (non-hydrogen) atoms. The number of hydrogen-bond acceptors (Lipinski definition) is 2. The van der Waals surface area contributed by atoms with Gasteiger partial charge in [0.1, 0.15) is 0 Å². The van der Waals surface area contributed by atoms with Crippen LogP contribution in [0.1, 0.15) is 20.8 Å². The first-order valence-electron chi connectivity index (χ1n) is 4.75. The van der Waals surface area contributed by atoms with Gasteiger partial charge in [0.25, 0.3) is 0 Å². The van der Waals surface area contributed by atoms with Gasteiger partial charge in [0, 0.05) is 0 Å². The lowest BCUT2D eigenvalue weighted by Crippen LogP contribution is -2.02. The minimum Gasteiger partial charge on any atom is -0.288 e. The molecule has 0 bridgehead atoms. The molecule has 5 heteroatoms. The van der Waals surface area contributed by atoms with E-state index < -0.39 is 11.6 Å². The van der Waals surface area contributed by atoms with E-state index in [1.54, 1.807) is 19.1 Å². The third-order valence-electron chi connectivity index (χ3n) is 2.28. The molecule has 2 aromatic rings. The lowest BCUT2D eigenvalue weighted by molar-refractivity contribution is 0.103. The van der Waals surface area contributed by atoms with Gasteiger partial charge in [-0.2, -0.15) is 0 Å². The zero-order chi connectivity index (χ0) is 12.6. The van der Waals surface area contributed by atoms with E-state index in [9.17, 15) is 9.18 Å². The molecule has 0 fully saturated rings. The Morgan fingerprint density at radius 1 is 1.35 bits per heavy atom. The second-order valence-electron chi connectivity index (χ2n) is 3.50. The molecule has 1 heterocycles. The predicted molar refractivity (Wildman–Crippen MR) is 68.9 cm³/mol. The highest BCUT2D eigenvalue weighted by Gasteiger charge is 2.18. The van der Waals surface area contributed by atoms with E-state index in [1.165, 1.54) is 12.1 Å². The van der Waals surface area contributed by atoms with Gasteiger partial charge < -0.3 is 0 Å². The standard InChI is InChI=1S/C12H7Cl2FOS/c1-6-5-9(17-12(6)14)11(16)7-3-2-4-8(13)10(7)15/h2-5H,1H3. The predicted octanol–water partition coefficient (Wildman–Crippen LogP) is 4.73. The van der Waals surface area contributed by atoms with E-state index in [2.05, 4.69) is 0 Å². The second-order valence-corrected chi connectivity index (χ2v) is 5.56. The van der Waals surface area contributed by atoms with Crippen LogP contribution in [-0.2, 0) is 0 Å². The van der Waals surface area contributed by atoms with Crippen molar-refractivity contribution in [3.8, 4) is 0 Å². The van der Waals surface area contributed by atoms with Crippen LogP contribution < -0.4 is 0 Å². The average molecular weight is 289 g/mol. The zero-order valence-electron chi connectivity index (χ0n) is 8.76. The van der Waals surface area contributed by atoms with Crippen LogP contribution in [0.25, 0.3) is 0 Å². The Balaban J connectivity index is 2.47. The molecule has 0 N–H and O–H groups in total. The largest absolute Gasteiger partial charge is 0.288 e. The maximum Gasteiger partial charge on any atom is 0.206 e. The number of ketones is 1. The highest BCUT2D eigenvalue weighted by Crippen LogP contribution is 2.29. The molecule has 0 aliphatic rings. The van der Waals surface area contributed by atoms with E-state index >= 15 is 0 Å². The van der Waals surface area contributed by atoms with Gasteiger partial charge in [0.15, 0.2) is 5.82 Å². The summed E-state index contributed by atoms with van der Waals surface area (Å²) >= 11 is 12.6. The summed E-state index contributed by atoms with van der Waals surface area (Å²) in [6, 6.07) is 6.00. The molecule has 0 aliphatic heterocycles. The van der Waals surface area contributed by atoms with Crippen LogP contribution in [0.3, 0.4) is 0 Å². The number of hydrogen-bond donors (Lipinski definition) is 0. The molecule has 1 aromatic heterocycles. The first kappa shape index (κ1) is 12.6. The molecule has 2 rings (SSSR count). The highest BCUT2D eigenvalue weighted by atomic mass is 35.5. The van der Waals surface area contributed by atoms with Crippen molar-refractivity contribution in [1.29, 1.82) is 0 Å². The van der Waals surface area contributed by atoms with Gasteiger partial charge in [-0.3, -0.25) is 4.79 Å². The van der Waals surface area contributed by atoms with Crippen LogP contribution in [0.2, 0.25) is 9.36 Å². The second kappa shape index (κ2) is 4.77. The summed E-state index contributed by atoms with van der Waals surface area (Å²) in [5.74, 6) is -1.09. The van der Waals surface area contributed by atoms with E-state index in [4.69, 9.17) is 23.2 Å². The monoisotopic (exact) mass is 288 g/mol. The summed E-state index contributed by atoms with van der Waals surface area (Å²) in [4.78, 5) is 12.4. The fourth-order valence-corrected chi connectivity index (χ4v) is 2.71. The Kier molecular flexibility index (Phi) is 3.52. The lowest BCUT2D eigenvalue weighted by Gasteiger charge is -2.01. The molecule has 0 spiro atoms. The third-order valence-corrected chi connectivity index (χ3v) is 4.12. The third kappa shape index (κ3) is 2.37. The molecule has 0 amide bonds. The zero-order valence-corrected chi connectivity index (χ0v) is 11.1. The van der Waals surface area contributed by atoms with Crippen molar-refractivity contribution < 1.29 is 9.18 Å². The molecule has 1 aromatic carbocycles. The van der Waals surface area contributed by atoms with Crippen molar-refractivity contribution in [2.24, 2.45) is 0 Å². The number of aryl methyl sites for hydroxylation is 1. The maximum atomic E-state index is 13.7. The first-order valence-corrected chi connectivity index (χ1v) is 6.32. The van der Waals surface area contributed by atoms with E-state index in [1.807, 2.05) is 0 Å². The number of carbonyl (C=O) groups excluding carboxylic acids is 1. The Labute approximate surface area is 112 Å². The van der Waals surface area contributed by atoms with Crippen LogP contribution >= 0.6 is 34.5 Å². The average Bonchev–Trinajstić information content (AvgIpc) is 2.62. The van der Waals surface area contributed by atoms with Gasteiger partial charge >= 0.3 is 0 Å². The minimum absolute atomic E-state index is 0.0320. The summed E-state index contributed by atoms with van der Waals surface area (Å²) in [5, 5.41) is -0.0600. The molecule has 1 nitrogen and oxygen atoms in total. The van der Waals surface area contributed by atoms with E-state index in [-0.39, 0.29) is 10.6 Å². The SMILES string of the molecule is Cc1cc(C(=O)c2cccc(Cl)c2F)sc1Cl. The Morgan fingerprint density at radius 3 is 2.65 bits per heavy atom. The Bertz CT molecular complexity index is 573. The number of thiophene rings is 1. The van der Waals surface area contributed by atoms with Crippen molar-refractivity contribution in [3.63, 3.8) is 0 Å². The molecule has 0 atom stereocenters. The smallest absolute Gasteiger partial charge is 0.206 e. The summed E-state index contributed by atoms with van der Waals surface area (Å²) in [6.45, 7) is 1.80. The van der Waals surface area contributed by atoms with Crippen LogP contribution in [0.15, 0.2) is 24.3 Å². The van der Waals surface area contributed by atoms with E-state index in [0.717, 1.165) is 16.9 Å². The fraction of sp³-hybridized carbons (Fsp3) is 0.0833. The molecule has 88 valence electrons. The summed E-state index contributed by atoms with van der Waals surface area (Å²) in [7, 11) is 0. The number of rotatable bonds is 2. The maximum absolute atomic E-state index is 13.7. The van der Waals surface area contributed by atoms with Gasteiger partial charge in [-0.1, -0.05) is 29.3 Å². The first-order chi connectivity index (χ1) is 8.00.